The molecule has 0 saturated carbocycles. The number of likely N-dealkylation sites (tertiary alicyclic amines) is 1. The lowest BCUT2D eigenvalue weighted by molar-refractivity contribution is -0.131. The maximum absolute atomic E-state index is 11.4. The van der Waals surface area contributed by atoms with Crippen molar-refractivity contribution in [3.8, 4) is 0 Å². The van der Waals surface area contributed by atoms with Crippen LogP contribution >= 0.6 is 0 Å². The summed E-state index contributed by atoms with van der Waals surface area (Å²) in [6.07, 6.45) is 4.96. The van der Waals surface area contributed by atoms with Gasteiger partial charge in [0.25, 0.3) is 0 Å². The van der Waals surface area contributed by atoms with Crippen LogP contribution in [0, 0.1) is 5.92 Å². The molecule has 1 rings (SSSR count). The minimum absolute atomic E-state index is 0. The highest BCUT2D eigenvalue weighted by molar-refractivity contribution is 5.78. The molecule has 1 heterocycles. The van der Waals surface area contributed by atoms with Crippen molar-refractivity contribution in [1.82, 2.24) is 10.2 Å². The summed E-state index contributed by atoms with van der Waals surface area (Å²) < 4.78 is 0. The van der Waals surface area contributed by atoms with Gasteiger partial charge in [-0.2, -0.15) is 0 Å². The smallest absolute Gasteiger partial charge is 0.236 e. The molecule has 1 N–H and O–H groups in total. The average molecular weight is 230 g/mol. The fourth-order valence-corrected chi connectivity index (χ4v) is 1.52. The van der Waals surface area contributed by atoms with E-state index in [0.29, 0.717) is 6.54 Å². The normalized spacial score (nSPS) is 16.6. The second-order valence-electron chi connectivity index (χ2n) is 4.59. The first kappa shape index (κ1) is 15.4. The number of amides is 1. The molecule has 0 aliphatic carbocycles. The van der Waals surface area contributed by atoms with Crippen LogP contribution in [0.5, 0.6) is 0 Å². The van der Waals surface area contributed by atoms with Crippen LogP contribution in [-0.2, 0) is 4.79 Å². The summed E-state index contributed by atoms with van der Waals surface area (Å²) in [5.41, 5.74) is 0. The SMILES string of the molecule is CCCC.CNCC(=O)N1CCC(C)CC1.[HH]. The van der Waals surface area contributed by atoms with Crippen LogP contribution in [0.3, 0.4) is 0 Å². The number of hydrogen-bond acceptors (Lipinski definition) is 2. The fraction of sp³-hybridized carbons (Fsp3) is 0.923. The van der Waals surface area contributed by atoms with E-state index in [-0.39, 0.29) is 7.33 Å². The zero-order valence-electron chi connectivity index (χ0n) is 11.4. The van der Waals surface area contributed by atoms with Crippen molar-refractivity contribution in [2.45, 2.75) is 46.5 Å². The molecule has 0 radical (unpaired) electrons. The lowest BCUT2D eigenvalue weighted by Gasteiger charge is -2.30. The van der Waals surface area contributed by atoms with Gasteiger partial charge in [-0.15, -0.1) is 0 Å². The van der Waals surface area contributed by atoms with E-state index in [9.17, 15) is 4.79 Å². The summed E-state index contributed by atoms with van der Waals surface area (Å²) in [5, 5.41) is 2.88. The molecule has 1 saturated heterocycles. The molecule has 0 aromatic carbocycles. The van der Waals surface area contributed by atoms with Crippen molar-refractivity contribution in [2.75, 3.05) is 26.7 Å². The quantitative estimate of drug-likeness (QED) is 0.808. The molecule has 16 heavy (non-hydrogen) atoms. The van der Waals surface area contributed by atoms with E-state index in [2.05, 4.69) is 26.1 Å². The Bertz CT molecular complexity index is 178. The molecule has 0 aromatic heterocycles. The van der Waals surface area contributed by atoms with E-state index < -0.39 is 0 Å². The summed E-state index contributed by atoms with van der Waals surface area (Å²) in [4.78, 5) is 13.3. The van der Waals surface area contributed by atoms with E-state index in [0.717, 1.165) is 31.8 Å². The van der Waals surface area contributed by atoms with Gasteiger partial charge in [0, 0.05) is 14.5 Å². The van der Waals surface area contributed by atoms with Crippen LogP contribution < -0.4 is 5.32 Å². The molecule has 1 aliphatic heterocycles. The monoisotopic (exact) mass is 230 g/mol. The Hall–Kier alpha value is -0.570. The summed E-state index contributed by atoms with van der Waals surface area (Å²) in [7, 11) is 1.81. The Morgan fingerprint density at radius 1 is 1.31 bits per heavy atom. The molecule has 0 aromatic rings. The standard InChI is InChI=1S/C9H18N2O.C4H10.H2/c1-8-3-5-11(6-4-8)9(12)7-10-2;1-3-4-2;/h8,10H,3-7H2,1-2H3;3-4H2,1-2H3;1H. The van der Waals surface area contributed by atoms with E-state index in [1.807, 2.05) is 11.9 Å². The van der Waals surface area contributed by atoms with Gasteiger partial charge < -0.3 is 10.2 Å². The first-order valence-corrected chi connectivity index (χ1v) is 6.58. The van der Waals surface area contributed by atoms with Gasteiger partial charge in [-0.3, -0.25) is 4.79 Å². The molecule has 1 amide bonds. The van der Waals surface area contributed by atoms with E-state index in [1.165, 1.54) is 12.8 Å². The summed E-state index contributed by atoms with van der Waals surface area (Å²) in [5.74, 6) is 1.04. The number of piperidine rings is 1. The second kappa shape index (κ2) is 9.64. The number of carbonyl (C=O) groups excluding carboxylic acids is 1. The van der Waals surface area contributed by atoms with Gasteiger partial charge in [-0.25, -0.2) is 0 Å². The lowest BCUT2D eigenvalue weighted by Crippen LogP contribution is -2.41. The van der Waals surface area contributed by atoms with Gasteiger partial charge in [0.15, 0.2) is 0 Å². The van der Waals surface area contributed by atoms with Gasteiger partial charge in [0.1, 0.15) is 0 Å². The number of rotatable bonds is 3. The Morgan fingerprint density at radius 2 is 1.81 bits per heavy atom. The van der Waals surface area contributed by atoms with Gasteiger partial charge >= 0.3 is 0 Å². The van der Waals surface area contributed by atoms with Crippen LogP contribution in [-0.4, -0.2) is 37.5 Å². The molecule has 98 valence electrons. The average Bonchev–Trinajstić information content (AvgIpc) is 2.30. The fourth-order valence-electron chi connectivity index (χ4n) is 1.52. The number of nitrogens with one attached hydrogen (secondary N) is 1. The Labute approximate surface area is 102 Å². The number of likely N-dealkylation sites (N-methyl/N-ethyl adjacent to an activating group) is 1. The summed E-state index contributed by atoms with van der Waals surface area (Å²) >= 11 is 0. The van der Waals surface area contributed by atoms with Crippen molar-refractivity contribution >= 4 is 5.91 Å². The third-order valence-corrected chi connectivity index (χ3v) is 2.96. The molecule has 0 unspecified atom stereocenters. The van der Waals surface area contributed by atoms with Gasteiger partial charge in [0.2, 0.25) is 5.91 Å². The summed E-state index contributed by atoms with van der Waals surface area (Å²) in [6, 6.07) is 0. The zero-order chi connectivity index (χ0) is 12.4. The third kappa shape index (κ3) is 6.83. The summed E-state index contributed by atoms with van der Waals surface area (Å²) in [6.45, 7) is 8.98. The number of unbranched alkanes of at least 4 members (excludes halogenated alkanes) is 1. The minimum Gasteiger partial charge on any atom is -0.342 e. The molecule has 1 aliphatic rings. The number of hydrogen-bond donors (Lipinski definition) is 1. The van der Waals surface area contributed by atoms with Gasteiger partial charge in [-0.05, 0) is 25.8 Å². The highest BCUT2D eigenvalue weighted by Crippen LogP contribution is 2.15. The maximum Gasteiger partial charge on any atom is 0.236 e. The Morgan fingerprint density at radius 3 is 2.19 bits per heavy atom. The molecular weight excluding hydrogens is 200 g/mol. The molecule has 0 spiro atoms. The van der Waals surface area contributed by atoms with Crippen molar-refractivity contribution in [2.24, 2.45) is 5.92 Å². The zero-order valence-corrected chi connectivity index (χ0v) is 11.4. The van der Waals surface area contributed by atoms with E-state index in [1.54, 1.807) is 0 Å². The van der Waals surface area contributed by atoms with Crippen LogP contribution in [0.2, 0.25) is 0 Å². The largest absolute Gasteiger partial charge is 0.342 e. The number of carbonyl (C=O) groups is 1. The Balaban J connectivity index is 0. The Kier molecular flexibility index (Phi) is 9.30. The molecule has 3 heteroatoms. The highest BCUT2D eigenvalue weighted by Gasteiger charge is 2.18. The minimum atomic E-state index is 0. The van der Waals surface area contributed by atoms with Crippen LogP contribution in [0.1, 0.15) is 47.9 Å². The molecular formula is C13H30N2O. The topological polar surface area (TPSA) is 32.3 Å². The van der Waals surface area contributed by atoms with Crippen LogP contribution in [0.25, 0.3) is 0 Å². The maximum atomic E-state index is 11.4. The van der Waals surface area contributed by atoms with Crippen molar-refractivity contribution < 1.29 is 6.22 Å². The van der Waals surface area contributed by atoms with E-state index >= 15 is 0 Å². The first-order valence-electron chi connectivity index (χ1n) is 6.58. The van der Waals surface area contributed by atoms with Gasteiger partial charge in [0.05, 0.1) is 6.54 Å². The van der Waals surface area contributed by atoms with Crippen LogP contribution in [0.15, 0.2) is 0 Å². The lowest BCUT2D eigenvalue weighted by atomic mass is 9.99. The highest BCUT2D eigenvalue weighted by atomic mass is 16.2. The molecule has 3 nitrogen and oxygen atoms in total. The van der Waals surface area contributed by atoms with Crippen molar-refractivity contribution in [1.29, 1.82) is 0 Å². The number of nitrogens with zero attached hydrogens (tertiary/aromatic N) is 1. The molecule has 0 bridgehead atoms. The second-order valence-corrected chi connectivity index (χ2v) is 4.59. The molecule has 1 fully saturated rings. The van der Waals surface area contributed by atoms with Crippen molar-refractivity contribution in [3.63, 3.8) is 0 Å². The van der Waals surface area contributed by atoms with Crippen molar-refractivity contribution in [3.05, 3.63) is 0 Å². The van der Waals surface area contributed by atoms with Gasteiger partial charge in [-0.1, -0.05) is 33.6 Å². The predicted molar refractivity (Wildman–Crippen MR) is 71.6 cm³/mol. The van der Waals surface area contributed by atoms with Crippen LogP contribution in [0.4, 0.5) is 0 Å². The molecule has 0 atom stereocenters. The third-order valence-electron chi connectivity index (χ3n) is 2.96. The first-order chi connectivity index (χ1) is 7.65. The predicted octanol–water partition coefficient (Wildman–Crippen LogP) is 2.52. The van der Waals surface area contributed by atoms with E-state index in [4.69, 9.17) is 0 Å².